The van der Waals surface area contributed by atoms with Crippen LogP contribution in [-0.4, -0.2) is 28.8 Å². The molecule has 5 nitrogen and oxygen atoms in total. The highest BCUT2D eigenvalue weighted by molar-refractivity contribution is 5.94. The molecule has 0 radical (unpaired) electrons. The van der Waals surface area contributed by atoms with E-state index < -0.39 is 0 Å². The molecule has 0 fully saturated rings. The van der Waals surface area contributed by atoms with Gasteiger partial charge in [0.25, 0.3) is 5.91 Å². The molecule has 0 aliphatic rings. The molecule has 5 heteroatoms. The number of benzene rings is 2. The Kier molecular flexibility index (Phi) is 5.83. The molecule has 0 bridgehead atoms. The van der Waals surface area contributed by atoms with E-state index in [-0.39, 0.29) is 11.9 Å². The van der Waals surface area contributed by atoms with Crippen LogP contribution in [-0.2, 0) is 0 Å². The van der Waals surface area contributed by atoms with Crippen molar-refractivity contribution in [1.29, 1.82) is 0 Å². The smallest absolute Gasteiger partial charge is 0.270 e. The summed E-state index contributed by atoms with van der Waals surface area (Å²) < 4.78 is 6.94. The van der Waals surface area contributed by atoms with Gasteiger partial charge in [0, 0.05) is 11.6 Å². The number of nitrogens with zero attached hydrogens (tertiary/aromatic N) is 2. The van der Waals surface area contributed by atoms with Crippen LogP contribution in [0.1, 0.15) is 36.8 Å². The molecule has 0 saturated carbocycles. The fourth-order valence-electron chi connectivity index (χ4n) is 2.78. The summed E-state index contributed by atoms with van der Waals surface area (Å²) in [7, 11) is 1.64. The van der Waals surface area contributed by atoms with E-state index in [1.54, 1.807) is 11.8 Å². The fraction of sp³-hybridized carbons (Fsp3) is 0.304. The molecule has 2 aromatic carbocycles. The zero-order chi connectivity index (χ0) is 20.3. The lowest BCUT2D eigenvalue weighted by molar-refractivity contribution is 0.0922. The largest absolute Gasteiger partial charge is 0.497 e. The average Bonchev–Trinajstić information content (AvgIpc) is 3.14. The lowest BCUT2D eigenvalue weighted by Crippen LogP contribution is -2.37. The third kappa shape index (κ3) is 4.25. The van der Waals surface area contributed by atoms with Crippen molar-refractivity contribution in [3.05, 3.63) is 65.9 Å². The van der Waals surface area contributed by atoms with E-state index in [2.05, 4.69) is 19.2 Å². The topological polar surface area (TPSA) is 56.1 Å². The first kappa shape index (κ1) is 19.7. The first-order valence-corrected chi connectivity index (χ1v) is 9.51. The van der Waals surface area contributed by atoms with E-state index >= 15 is 0 Å². The molecule has 1 aromatic heterocycles. The van der Waals surface area contributed by atoms with E-state index in [9.17, 15) is 4.79 Å². The summed E-state index contributed by atoms with van der Waals surface area (Å²) >= 11 is 0. The van der Waals surface area contributed by atoms with Crippen LogP contribution < -0.4 is 10.1 Å². The van der Waals surface area contributed by atoms with E-state index in [0.717, 1.165) is 28.3 Å². The number of nitrogens with one attached hydrogen (secondary N) is 1. The van der Waals surface area contributed by atoms with Crippen LogP contribution in [0.25, 0.3) is 16.9 Å². The van der Waals surface area contributed by atoms with Crippen molar-refractivity contribution in [3.63, 3.8) is 0 Å². The second-order valence-electron chi connectivity index (χ2n) is 7.40. The molecule has 1 N–H and O–H groups in total. The van der Waals surface area contributed by atoms with Gasteiger partial charge in [0.15, 0.2) is 0 Å². The number of hydrogen-bond donors (Lipinski definition) is 1. The highest BCUT2D eigenvalue weighted by Crippen LogP contribution is 2.24. The van der Waals surface area contributed by atoms with Gasteiger partial charge in [0.05, 0.1) is 18.5 Å². The molecule has 1 amide bonds. The summed E-state index contributed by atoms with van der Waals surface area (Å²) in [4.78, 5) is 13.0. The summed E-state index contributed by atoms with van der Waals surface area (Å²) in [6.07, 6.45) is 0. The number of carbonyl (C=O) groups is 1. The number of ether oxygens (including phenoxy) is 1. The molecule has 28 heavy (non-hydrogen) atoms. The van der Waals surface area contributed by atoms with Crippen molar-refractivity contribution in [1.82, 2.24) is 15.1 Å². The fourth-order valence-corrected chi connectivity index (χ4v) is 2.78. The summed E-state index contributed by atoms with van der Waals surface area (Å²) in [6.45, 7) is 8.23. The molecular formula is C23H27N3O2. The SMILES string of the molecule is COc1ccc(-c2cc(C(=O)NC(C)C(C)C)n(-c3ccc(C)cc3)n2)cc1. The van der Waals surface area contributed by atoms with Crippen LogP contribution in [0, 0.1) is 12.8 Å². The predicted molar refractivity (Wildman–Crippen MR) is 112 cm³/mol. The molecule has 3 aromatic rings. The van der Waals surface area contributed by atoms with Gasteiger partial charge in [-0.2, -0.15) is 5.10 Å². The van der Waals surface area contributed by atoms with Gasteiger partial charge in [-0.15, -0.1) is 0 Å². The maximum absolute atomic E-state index is 13.0. The van der Waals surface area contributed by atoms with Gasteiger partial charge in [0.1, 0.15) is 11.4 Å². The Morgan fingerprint density at radius 3 is 2.25 bits per heavy atom. The Hall–Kier alpha value is -3.08. The number of rotatable bonds is 6. The van der Waals surface area contributed by atoms with Crippen molar-refractivity contribution in [2.75, 3.05) is 7.11 Å². The summed E-state index contributed by atoms with van der Waals surface area (Å²) in [6, 6.07) is 17.6. The monoisotopic (exact) mass is 377 g/mol. The molecule has 0 saturated heterocycles. The lowest BCUT2D eigenvalue weighted by atomic mass is 10.1. The van der Waals surface area contributed by atoms with Crippen LogP contribution >= 0.6 is 0 Å². The van der Waals surface area contributed by atoms with E-state index in [1.165, 1.54) is 0 Å². The minimum Gasteiger partial charge on any atom is -0.497 e. The lowest BCUT2D eigenvalue weighted by Gasteiger charge is -2.17. The molecule has 146 valence electrons. The molecule has 1 unspecified atom stereocenters. The Morgan fingerprint density at radius 2 is 1.68 bits per heavy atom. The molecule has 0 aliphatic carbocycles. The minimum atomic E-state index is -0.131. The number of methoxy groups -OCH3 is 1. The van der Waals surface area contributed by atoms with Crippen molar-refractivity contribution < 1.29 is 9.53 Å². The van der Waals surface area contributed by atoms with Gasteiger partial charge in [-0.05, 0) is 62.2 Å². The van der Waals surface area contributed by atoms with Crippen LogP contribution in [0.5, 0.6) is 5.75 Å². The van der Waals surface area contributed by atoms with Crippen LogP contribution in [0.3, 0.4) is 0 Å². The minimum absolute atomic E-state index is 0.0679. The average molecular weight is 377 g/mol. The van der Waals surface area contributed by atoms with E-state index in [4.69, 9.17) is 9.84 Å². The van der Waals surface area contributed by atoms with E-state index in [0.29, 0.717) is 11.6 Å². The normalized spacial score (nSPS) is 12.1. The number of amides is 1. The highest BCUT2D eigenvalue weighted by Gasteiger charge is 2.20. The predicted octanol–water partition coefficient (Wildman–Crippen LogP) is 4.63. The van der Waals surface area contributed by atoms with Crippen LogP contribution in [0.15, 0.2) is 54.6 Å². The van der Waals surface area contributed by atoms with Crippen LogP contribution in [0.2, 0.25) is 0 Å². The summed E-state index contributed by atoms with van der Waals surface area (Å²) in [5.74, 6) is 1.00. The zero-order valence-corrected chi connectivity index (χ0v) is 17.1. The maximum Gasteiger partial charge on any atom is 0.270 e. The Morgan fingerprint density at radius 1 is 1.04 bits per heavy atom. The number of aryl methyl sites for hydroxylation is 1. The zero-order valence-electron chi connectivity index (χ0n) is 17.1. The first-order valence-electron chi connectivity index (χ1n) is 9.51. The van der Waals surface area contributed by atoms with Gasteiger partial charge in [-0.1, -0.05) is 31.5 Å². The van der Waals surface area contributed by atoms with Crippen molar-refractivity contribution >= 4 is 5.91 Å². The second-order valence-corrected chi connectivity index (χ2v) is 7.40. The molecule has 0 spiro atoms. The number of hydrogen-bond acceptors (Lipinski definition) is 3. The van der Waals surface area contributed by atoms with E-state index in [1.807, 2.05) is 68.4 Å². The molecule has 1 atom stereocenters. The van der Waals surface area contributed by atoms with Gasteiger partial charge >= 0.3 is 0 Å². The molecule has 3 rings (SSSR count). The van der Waals surface area contributed by atoms with Crippen molar-refractivity contribution in [2.45, 2.75) is 33.7 Å². The van der Waals surface area contributed by atoms with Gasteiger partial charge < -0.3 is 10.1 Å². The third-order valence-electron chi connectivity index (χ3n) is 4.97. The first-order chi connectivity index (χ1) is 13.4. The van der Waals surface area contributed by atoms with Crippen LogP contribution in [0.4, 0.5) is 0 Å². The Labute approximate surface area is 166 Å². The summed E-state index contributed by atoms with van der Waals surface area (Å²) in [5.41, 5.74) is 4.20. The molecule has 1 heterocycles. The highest BCUT2D eigenvalue weighted by atomic mass is 16.5. The quantitative estimate of drug-likeness (QED) is 0.681. The number of aromatic nitrogens is 2. The Balaban J connectivity index is 2.03. The molecule has 0 aliphatic heterocycles. The molecular weight excluding hydrogens is 350 g/mol. The van der Waals surface area contributed by atoms with Crippen molar-refractivity contribution in [3.8, 4) is 22.7 Å². The third-order valence-corrected chi connectivity index (χ3v) is 4.97. The second kappa shape index (κ2) is 8.30. The Bertz CT molecular complexity index is 941. The van der Waals surface area contributed by atoms with Crippen molar-refractivity contribution in [2.24, 2.45) is 5.92 Å². The standard InChI is InChI=1S/C23H27N3O2/c1-15(2)17(4)24-23(27)22-14-21(18-8-12-20(28-5)13-9-18)25-26(22)19-10-6-16(3)7-11-19/h6-15,17H,1-5H3,(H,24,27). The van der Waals surface area contributed by atoms with Gasteiger partial charge in [-0.25, -0.2) is 4.68 Å². The van der Waals surface area contributed by atoms with Gasteiger partial charge in [0.2, 0.25) is 0 Å². The summed E-state index contributed by atoms with van der Waals surface area (Å²) in [5, 5.41) is 7.80. The van der Waals surface area contributed by atoms with Gasteiger partial charge in [-0.3, -0.25) is 4.79 Å². The maximum atomic E-state index is 13.0. The number of carbonyl (C=O) groups excluding carboxylic acids is 1.